The molecule has 3 heterocycles. The van der Waals surface area contributed by atoms with Crippen molar-refractivity contribution in [2.75, 3.05) is 17.3 Å². The molecule has 2 aromatic rings. The zero-order valence-corrected chi connectivity index (χ0v) is 17.7. The van der Waals surface area contributed by atoms with Crippen molar-refractivity contribution in [3.63, 3.8) is 0 Å². The first kappa shape index (κ1) is 19.2. The number of nitrogens with zero attached hydrogens (tertiary/aromatic N) is 4. The molecular weight excluding hydrogens is 412 g/mol. The number of hydrogen-bond donors (Lipinski definition) is 0. The van der Waals surface area contributed by atoms with Crippen LogP contribution >= 0.6 is 11.8 Å². The van der Waals surface area contributed by atoms with Crippen molar-refractivity contribution in [2.24, 2.45) is 0 Å². The molecule has 0 unspecified atom stereocenters. The van der Waals surface area contributed by atoms with Crippen molar-refractivity contribution >= 4 is 27.5 Å². The predicted octanol–water partition coefficient (Wildman–Crippen LogP) is 2.39. The number of thioether (sulfide) groups is 1. The first-order chi connectivity index (χ1) is 14.0. The molecule has 1 amide bonds. The Morgan fingerprint density at radius 1 is 1.24 bits per heavy atom. The van der Waals surface area contributed by atoms with Gasteiger partial charge in [0.25, 0.3) is 0 Å². The molecular formula is C19H24N4O4S2. The topological polar surface area (TPSA) is 98.3 Å². The van der Waals surface area contributed by atoms with Crippen molar-refractivity contribution in [1.82, 2.24) is 19.7 Å². The number of rotatable bonds is 8. The molecule has 1 aliphatic heterocycles. The average molecular weight is 437 g/mol. The second-order valence-electron chi connectivity index (χ2n) is 8.16. The first-order valence-electron chi connectivity index (χ1n) is 10.1. The molecule has 2 saturated carbocycles. The summed E-state index contributed by atoms with van der Waals surface area (Å²) in [7, 11) is -3.09. The summed E-state index contributed by atoms with van der Waals surface area (Å²) in [6, 6.07) is 3.75. The van der Waals surface area contributed by atoms with Crippen LogP contribution in [0.1, 0.15) is 55.6 Å². The summed E-state index contributed by atoms with van der Waals surface area (Å²) in [4.78, 5) is 14.8. The van der Waals surface area contributed by atoms with Gasteiger partial charge in [0, 0.05) is 18.0 Å². The van der Waals surface area contributed by atoms with Crippen LogP contribution in [-0.2, 0) is 21.2 Å². The van der Waals surface area contributed by atoms with Crippen molar-refractivity contribution in [1.29, 1.82) is 0 Å². The van der Waals surface area contributed by atoms with Gasteiger partial charge in [0.2, 0.25) is 5.91 Å². The van der Waals surface area contributed by atoms with Gasteiger partial charge in [-0.25, -0.2) is 8.42 Å². The van der Waals surface area contributed by atoms with Crippen molar-refractivity contribution in [3.05, 3.63) is 30.0 Å². The molecule has 0 N–H and O–H groups in total. The van der Waals surface area contributed by atoms with E-state index in [0.29, 0.717) is 24.1 Å². The molecule has 8 nitrogen and oxygen atoms in total. The Morgan fingerprint density at radius 3 is 2.69 bits per heavy atom. The molecule has 156 valence electrons. The Balaban J connectivity index is 1.30. The highest BCUT2D eigenvalue weighted by Crippen LogP contribution is 2.46. The van der Waals surface area contributed by atoms with Crippen LogP contribution < -0.4 is 0 Å². The van der Waals surface area contributed by atoms with E-state index in [1.54, 1.807) is 17.2 Å². The number of carbonyl (C=O) groups excluding carboxylic acids is 1. The molecule has 0 aromatic carbocycles. The summed E-state index contributed by atoms with van der Waals surface area (Å²) in [6.45, 7) is 0.287. The minimum absolute atomic E-state index is 0.0220. The maximum atomic E-state index is 13.1. The van der Waals surface area contributed by atoms with Crippen LogP contribution in [0.5, 0.6) is 0 Å². The molecule has 0 radical (unpaired) electrons. The zero-order chi connectivity index (χ0) is 20.0. The van der Waals surface area contributed by atoms with Crippen LogP contribution in [-0.4, -0.2) is 57.3 Å². The van der Waals surface area contributed by atoms with E-state index < -0.39 is 9.84 Å². The number of carbonyl (C=O) groups is 1. The molecule has 2 aromatic heterocycles. The van der Waals surface area contributed by atoms with E-state index in [2.05, 4.69) is 14.8 Å². The molecule has 3 aliphatic rings. The van der Waals surface area contributed by atoms with E-state index >= 15 is 0 Å². The quantitative estimate of drug-likeness (QED) is 0.586. The lowest BCUT2D eigenvalue weighted by atomic mass is 10.2. The van der Waals surface area contributed by atoms with Gasteiger partial charge in [-0.15, -0.1) is 10.2 Å². The van der Waals surface area contributed by atoms with Crippen LogP contribution in [0.25, 0.3) is 0 Å². The highest BCUT2D eigenvalue weighted by atomic mass is 32.2. The lowest BCUT2D eigenvalue weighted by Crippen LogP contribution is -2.41. The van der Waals surface area contributed by atoms with Gasteiger partial charge in [-0.3, -0.25) is 4.79 Å². The predicted molar refractivity (Wildman–Crippen MR) is 107 cm³/mol. The van der Waals surface area contributed by atoms with Crippen LogP contribution in [0.3, 0.4) is 0 Å². The van der Waals surface area contributed by atoms with Crippen LogP contribution in [0, 0.1) is 0 Å². The highest BCUT2D eigenvalue weighted by molar-refractivity contribution is 7.99. The average Bonchev–Trinajstić information content (AvgIpc) is 3.59. The molecule has 0 bridgehead atoms. The Morgan fingerprint density at radius 2 is 2.07 bits per heavy atom. The number of aromatic nitrogens is 3. The van der Waals surface area contributed by atoms with Gasteiger partial charge < -0.3 is 13.9 Å². The lowest BCUT2D eigenvalue weighted by molar-refractivity contribution is -0.131. The van der Waals surface area contributed by atoms with Gasteiger partial charge in [0.15, 0.2) is 15.0 Å². The smallest absolute Gasteiger partial charge is 0.233 e. The summed E-state index contributed by atoms with van der Waals surface area (Å²) < 4.78 is 31.6. The third-order valence-corrected chi connectivity index (χ3v) is 8.42. The van der Waals surface area contributed by atoms with Gasteiger partial charge in [0.1, 0.15) is 11.6 Å². The second-order valence-corrected chi connectivity index (χ2v) is 11.3. The van der Waals surface area contributed by atoms with E-state index in [0.717, 1.165) is 23.8 Å². The van der Waals surface area contributed by atoms with Gasteiger partial charge in [-0.2, -0.15) is 0 Å². The molecule has 1 atom stereocenters. The minimum atomic E-state index is -3.09. The number of sulfone groups is 1. The van der Waals surface area contributed by atoms with Crippen LogP contribution in [0.4, 0.5) is 0 Å². The van der Waals surface area contributed by atoms with Crippen molar-refractivity contribution in [2.45, 2.75) is 61.8 Å². The van der Waals surface area contributed by atoms with Crippen LogP contribution in [0.2, 0.25) is 0 Å². The van der Waals surface area contributed by atoms with Gasteiger partial charge in [-0.05, 0) is 44.2 Å². The number of hydrogen-bond acceptors (Lipinski definition) is 7. The third-order valence-electron chi connectivity index (χ3n) is 5.75. The van der Waals surface area contributed by atoms with E-state index in [1.165, 1.54) is 24.6 Å². The number of furan rings is 1. The molecule has 29 heavy (non-hydrogen) atoms. The minimum Gasteiger partial charge on any atom is -0.467 e. The summed E-state index contributed by atoms with van der Waals surface area (Å²) in [5, 5.41) is 9.55. The fourth-order valence-corrected chi connectivity index (χ4v) is 6.53. The standard InChI is InChI=1S/C19H24N4O4S2/c24-17(11-28-19-21-20-18(13-3-4-13)23(19)14-5-6-14)22(10-16-2-1-8-27-16)15-7-9-29(25,26)12-15/h1-2,8,13-15H,3-7,9-12H2/t15-/m0/s1. The third kappa shape index (κ3) is 4.23. The molecule has 10 heteroatoms. The maximum Gasteiger partial charge on any atom is 0.233 e. The monoisotopic (exact) mass is 436 g/mol. The van der Waals surface area contributed by atoms with Gasteiger partial charge in [-0.1, -0.05) is 11.8 Å². The molecule has 5 rings (SSSR count). The SMILES string of the molecule is O=C(CSc1nnc(C2CC2)n1C1CC1)N(Cc1ccco1)[C@H]1CCS(=O)(=O)C1. The summed E-state index contributed by atoms with van der Waals surface area (Å²) >= 11 is 1.41. The fraction of sp³-hybridized carbons (Fsp3) is 0.632. The van der Waals surface area contributed by atoms with E-state index in [4.69, 9.17) is 4.42 Å². The van der Waals surface area contributed by atoms with E-state index in [9.17, 15) is 13.2 Å². The molecule has 3 fully saturated rings. The molecule has 2 aliphatic carbocycles. The number of amides is 1. The van der Waals surface area contributed by atoms with Crippen molar-refractivity contribution in [3.8, 4) is 0 Å². The molecule has 1 saturated heterocycles. The maximum absolute atomic E-state index is 13.1. The van der Waals surface area contributed by atoms with Gasteiger partial charge >= 0.3 is 0 Å². The highest BCUT2D eigenvalue weighted by Gasteiger charge is 2.38. The zero-order valence-electron chi connectivity index (χ0n) is 16.1. The van der Waals surface area contributed by atoms with Crippen LogP contribution in [0.15, 0.2) is 28.0 Å². The van der Waals surface area contributed by atoms with Crippen molar-refractivity contribution < 1.29 is 17.6 Å². The lowest BCUT2D eigenvalue weighted by Gasteiger charge is -2.27. The Kier molecular flexibility index (Phi) is 4.93. The Labute approximate surface area is 174 Å². The summed E-state index contributed by atoms with van der Waals surface area (Å²) in [5.74, 6) is 2.52. The van der Waals surface area contributed by atoms with E-state index in [-0.39, 0.29) is 35.8 Å². The normalized spacial score (nSPS) is 23.4. The summed E-state index contributed by atoms with van der Waals surface area (Å²) in [6.07, 6.45) is 6.66. The summed E-state index contributed by atoms with van der Waals surface area (Å²) in [5.41, 5.74) is 0. The first-order valence-corrected chi connectivity index (χ1v) is 12.9. The molecule has 0 spiro atoms. The Bertz CT molecular complexity index is 994. The largest absolute Gasteiger partial charge is 0.467 e. The second kappa shape index (κ2) is 7.46. The Hall–Kier alpha value is -1.81. The van der Waals surface area contributed by atoms with Gasteiger partial charge in [0.05, 0.1) is 30.1 Å². The fourth-order valence-electron chi connectivity index (χ4n) is 3.90. The van der Waals surface area contributed by atoms with E-state index in [1.807, 2.05) is 6.07 Å².